The highest BCUT2D eigenvalue weighted by molar-refractivity contribution is 4.74. The van der Waals surface area contributed by atoms with Crippen molar-refractivity contribution in [2.45, 2.75) is 38.1 Å². The first-order chi connectivity index (χ1) is 7.84. The summed E-state index contributed by atoms with van der Waals surface area (Å²) in [5.41, 5.74) is 0. The molecule has 0 aromatic rings. The van der Waals surface area contributed by atoms with Crippen molar-refractivity contribution < 1.29 is 4.74 Å². The van der Waals surface area contributed by atoms with Crippen LogP contribution in [0.25, 0.3) is 0 Å². The molecular weight excluding hydrogens is 200 g/mol. The second-order valence-corrected chi connectivity index (χ2v) is 5.40. The van der Waals surface area contributed by atoms with Crippen LogP contribution < -0.4 is 5.32 Å². The first-order valence-electron chi connectivity index (χ1n) is 6.84. The summed E-state index contributed by atoms with van der Waals surface area (Å²) in [7, 11) is 2.25. The van der Waals surface area contributed by atoms with Gasteiger partial charge in [-0.1, -0.05) is 6.42 Å². The number of ether oxygens (including phenoxy) is 1. The fraction of sp³-hybridized carbons (Fsp3) is 1.00. The van der Waals surface area contributed by atoms with E-state index in [9.17, 15) is 0 Å². The first-order valence-corrected chi connectivity index (χ1v) is 6.84. The average molecular weight is 226 g/mol. The molecule has 2 fully saturated rings. The predicted molar refractivity (Wildman–Crippen MR) is 66.7 cm³/mol. The van der Waals surface area contributed by atoms with E-state index < -0.39 is 0 Å². The van der Waals surface area contributed by atoms with Crippen LogP contribution >= 0.6 is 0 Å². The summed E-state index contributed by atoms with van der Waals surface area (Å²) < 4.78 is 5.35. The van der Waals surface area contributed by atoms with Gasteiger partial charge in [0.25, 0.3) is 0 Å². The molecular formula is C13H26N2O. The van der Waals surface area contributed by atoms with Gasteiger partial charge in [-0.15, -0.1) is 0 Å². The summed E-state index contributed by atoms with van der Waals surface area (Å²) in [6.07, 6.45) is 6.74. The molecule has 1 heterocycles. The van der Waals surface area contributed by atoms with Crippen molar-refractivity contribution in [2.24, 2.45) is 5.92 Å². The minimum Gasteiger partial charge on any atom is -0.381 e. The first kappa shape index (κ1) is 12.3. The molecule has 3 nitrogen and oxygen atoms in total. The van der Waals surface area contributed by atoms with Gasteiger partial charge in [0.15, 0.2) is 0 Å². The van der Waals surface area contributed by atoms with Crippen LogP contribution in [0.4, 0.5) is 0 Å². The number of nitrogens with one attached hydrogen (secondary N) is 1. The van der Waals surface area contributed by atoms with E-state index in [0.29, 0.717) is 6.04 Å². The van der Waals surface area contributed by atoms with Crippen molar-refractivity contribution >= 4 is 0 Å². The minimum absolute atomic E-state index is 0.700. The molecule has 0 aromatic carbocycles. The topological polar surface area (TPSA) is 24.5 Å². The zero-order valence-corrected chi connectivity index (χ0v) is 10.6. The maximum absolute atomic E-state index is 5.35. The molecule has 0 amide bonds. The number of nitrogens with zero attached hydrogens (tertiary/aromatic N) is 1. The van der Waals surface area contributed by atoms with Gasteiger partial charge in [-0.3, -0.25) is 0 Å². The fourth-order valence-electron chi connectivity index (χ4n) is 2.57. The molecule has 1 aliphatic heterocycles. The van der Waals surface area contributed by atoms with Crippen LogP contribution in [0.5, 0.6) is 0 Å². The van der Waals surface area contributed by atoms with Gasteiger partial charge in [0.2, 0.25) is 0 Å². The van der Waals surface area contributed by atoms with Gasteiger partial charge in [0.05, 0.1) is 0 Å². The summed E-state index contributed by atoms with van der Waals surface area (Å²) in [5, 5.41) is 3.64. The fourth-order valence-corrected chi connectivity index (χ4v) is 2.57. The molecule has 3 heteroatoms. The third kappa shape index (κ3) is 4.04. The molecule has 0 spiro atoms. The van der Waals surface area contributed by atoms with E-state index in [-0.39, 0.29) is 0 Å². The minimum atomic E-state index is 0.700. The van der Waals surface area contributed by atoms with E-state index >= 15 is 0 Å². The summed E-state index contributed by atoms with van der Waals surface area (Å²) in [6.45, 7) is 5.50. The van der Waals surface area contributed by atoms with E-state index in [1.54, 1.807) is 0 Å². The van der Waals surface area contributed by atoms with Gasteiger partial charge in [0.1, 0.15) is 0 Å². The lowest BCUT2D eigenvalue weighted by atomic mass is 9.85. The maximum atomic E-state index is 5.35. The lowest BCUT2D eigenvalue weighted by Gasteiger charge is -2.30. The second kappa shape index (κ2) is 6.58. The number of hydrogen-bond acceptors (Lipinski definition) is 3. The van der Waals surface area contributed by atoms with Crippen LogP contribution in [0, 0.1) is 5.92 Å². The van der Waals surface area contributed by atoms with Crippen LogP contribution in [-0.2, 0) is 4.74 Å². The molecule has 16 heavy (non-hydrogen) atoms. The summed E-state index contributed by atoms with van der Waals surface area (Å²) in [4.78, 5) is 2.48. The Morgan fingerprint density at radius 1 is 1.19 bits per heavy atom. The van der Waals surface area contributed by atoms with Crippen molar-refractivity contribution in [1.82, 2.24) is 10.2 Å². The normalized spacial score (nSPS) is 23.6. The maximum Gasteiger partial charge on any atom is 0.0480 e. The number of hydrogen-bond donors (Lipinski definition) is 1. The molecule has 0 atom stereocenters. The van der Waals surface area contributed by atoms with Crippen molar-refractivity contribution in [3.05, 3.63) is 0 Å². The van der Waals surface area contributed by atoms with Crippen LogP contribution in [0.15, 0.2) is 0 Å². The Bertz CT molecular complexity index is 188. The lowest BCUT2D eigenvalue weighted by Crippen LogP contribution is -2.40. The van der Waals surface area contributed by atoms with Gasteiger partial charge >= 0.3 is 0 Å². The monoisotopic (exact) mass is 226 g/mol. The Morgan fingerprint density at radius 3 is 2.56 bits per heavy atom. The molecule has 2 aliphatic rings. The Labute approximate surface area is 99.5 Å². The van der Waals surface area contributed by atoms with Crippen molar-refractivity contribution in [2.75, 3.05) is 39.9 Å². The summed E-state index contributed by atoms with van der Waals surface area (Å²) in [6, 6.07) is 0.700. The molecule has 94 valence electrons. The Morgan fingerprint density at radius 2 is 1.94 bits per heavy atom. The quantitative estimate of drug-likeness (QED) is 0.742. The van der Waals surface area contributed by atoms with Gasteiger partial charge in [-0.2, -0.15) is 0 Å². The number of rotatable bonds is 6. The highest BCUT2D eigenvalue weighted by Crippen LogP contribution is 2.26. The Balaban J connectivity index is 1.49. The zero-order chi connectivity index (χ0) is 11.2. The highest BCUT2D eigenvalue weighted by atomic mass is 16.5. The van der Waals surface area contributed by atoms with Crippen molar-refractivity contribution in [1.29, 1.82) is 0 Å². The van der Waals surface area contributed by atoms with Gasteiger partial charge in [-0.05, 0) is 38.6 Å². The second-order valence-electron chi connectivity index (χ2n) is 5.40. The van der Waals surface area contributed by atoms with Gasteiger partial charge in [-0.25, -0.2) is 0 Å². The molecule has 1 N–H and O–H groups in total. The van der Waals surface area contributed by atoms with E-state index in [2.05, 4.69) is 17.3 Å². The molecule has 1 saturated carbocycles. The summed E-state index contributed by atoms with van der Waals surface area (Å²) in [5.74, 6) is 0.994. The smallest absolute Gasteiger partial charge is 0.0480 e. The predicted octanol–water partition coefficient (Wildman–Crippen LogP) is 1.49. The molecule has 0 aromatic heterocycles. The van der Waals surface area contributed by atoms with Crippen molar-refractivity contribution in [3.8, 4) is 0 Å². The van der Waals surface area contributed by atoms with E-state index in [1.165, 1.54) is 45.2 Å². The van der Waals surface area contributed by atoms with E-state index in [1.807, 2.05) is 0 Å². The average Bonchev–Trinajstić information content (AvgIpc) is 2.25. The number of likely N-dealkylation sites (N-methyl/N-ethyl adjacent to an activating group) is 1. The standard InChI is InChI=1S/C13H26N2O/c1-15(11-12-3-2-4-12)8-7-14-13-5-9-16-10-6-13/h12-14H,2-11H2,1H3. The Kier molecular flexibility index (Phi) is 5.07. The van der Waals surface area contributed by atoms with E-state index in [4.69, 9.17) is 4.74 Å². The van der Waals surface area contributed by atoms with Crippen LogP contribution in [0.1, 0.15) is 32.1 Å². The SMILES string of the molecule is CN(CCNC1CCOCC1)CC1CCC1. The molecule has 2 rings (SSSR count). The Hall–Kier alpha value is -0.120. The van der Waals surface area contributed by atoms with Crippen LogP contribution in [0.2, 0.25) is 0 Å². The third-order valence-electron chi connectivity index (χ3n) is 3.94. The van der Waals surface area contributed by atoms with E-state index in [0.717, 1.165) is 25.7 Å². The highest BCUT2D eigenvalue weighted by Gasteiger charge is 2.19. The van der Waals surface area contributed by atoms with Crippen molar-refractivity contribution in [3.63, 3.8) is 0 Å². The largest absolute Gasteiger partial charge is 0.381 e. The molecule has 0 radical (unpaired) electrons. The molecule has 1 aliphatic carbocycles. The molecule has 1 saturated heterocycles. The zero-order valence-electron chi connectivity index (χ0n) is 10.6. The molecule has 0 unspecified atom stereocenters. The molecule has 0 bridgehead atoms. The van der Waals surface area contributed by atoms with Gasteiger partial charge < -0.3 is 15.0 Å². The van der Waals surface area contributed by atoms with Gasteiger partial charge in [0, 0.05) is 38.9 Å². The van der Waals surface area contributed by atoms with Crippen LogP contribution in [0.3, 0.4) is 0 Å². The third-order valence-corrected chi connectivity index (χ3v) is 3.94. The lowest BCUT2D eigenvalue weighted by molar-refractivity contribution is 0.0771. The van der Waals surface area contributed by atoms with Crippen LogP contribution in [-0.4, -0.2) is 50.8 Å². The summed E-state index contributed by atoms with van der Waals surface area (Å²) >= 11 is 0.